The summed E-state index contributed by atoms with van der Waals surface area (Å²) in [5, 5.41) is 22.7. The van der Waals surface area contributed by atoms with Crippen molar-refractivity contribution in [2.45, 2.75) is 6.54 Å². The third-order valence-electron chi connectivity index (χ3n) is 2.74. The molecule has 1 amide bonds. The zero-order valence-electron chi connectivity index (χ0n) is 10.6. The Labute approximate surface area is 124 Å². The van der Waals surface area contributed by atoms with Gasteiger partial charge in [-0.1, -0.05) is 29.8 Å². The number of benzene rings is 1. The Morgan fingerprint density at radius 1 is 1.38 bits per heavy atom. The second-order valence-electron chi connectivity index (χ2n) is 4.07. The number of halogens is 1. The van der Waals surface area contributed by atoms with Gasteiger partial charge in [0.05, 0.1) is 4.92 Å². The lowest BCUT2D eigenvalue weighted by atomic mass is 10.2. The van der Waals surface area contributed by atoms with Gasteiger partial charge >= 0.3 is 5.69 Å². The molecule has 2 aromatic rings. The van der Waals surface area contributed by atoms with E-state index in [2.05, 4.69) is 10.3 Å². The van der Waals surface area contributed by atoms with E-state index in [0.29, 0.717) is 5.56 Å². The lowest BCUT2D eigenvalue weighted by molar-refractivity contribution is -0.385. The number of phenolic OH excluding ortho intramolecular Hbond substituents is 1. The maximum absolute atomic E-state index is 12.0. The Kier molecular flexibility index (Phi) is 4.34. The molecule has 1 aromatic heterocycles. The van der Waals surface area contributed by atoms with Crippen LogP contribution in [0.3, 0.4) is 0 Å². The third-order valence-corrected chi connectivity index (χ3v) is 3.01. The number of carbonyl (C=O) groups excluding carboxylic acids is 1. The topological polar surface area (TPSA) is 105 Å². The molecule has 2 N–H and O–H groups in total. The maximum Gasteiger partial charge on any atom is 0.319 e. The van der Waals surface area contributed by atoms with Crippen molar-refractivity contribution in [2.24, 2.45) is 0 Å². The highest BCUT2D eigenvalue weighted by Gasteiger charge is 2.24. The molecule has 0 unspecified atom stereocenters. The van der Waals surface area contributed by atoms with Crippen LogP contribution in [0.1, 0.15) is 15.9 Å². The van der Waals surface area contributed by atoms with Gasteiger partial charge in [-0.3, -0.25) is 14.9 Å². The molecule has 2 rings (SSSR count). The summed E-state index contributed by atoms with van der Waals surface area (Å²) in [5.41, 5.74) is -0.238. The minimum absolute atomic E-state index is 0.0278. The number of aromatic nitrogens is 1. The van der Waals surface area contributed by atoms with Crippen LogP contribution < -0.4 is 5.32 Å². The average Bonchev–Trinajstić information content (AvgIpc) is 2.45. The van der Waals surface area contributed by atoms with Gasteiger partial charge < -0.3 is 10.4 Å². The molecule has 0 saturated carbocycles. The Morgan fingerprint density at radius 2 is 2.10 bits per heavy atom. The Morgan fingerprint density at radius 3 is 2.76 bits per heavy atom. The minimum atomic E-state index is -0.760. The van der Waals surface area contributed by atoms with E-state index in [9.17, 15) is 20.0 Å². The smallest absolute Gasteiger partial charge is 0.319 e. The quantitative estimate of drug-likeness (QED) is 0.512. The van der Waals surface area contributed by atoms with Crippen LogP contribution in [0.25, 0.3) is 0 Å². The standard InChI is InChI=1S/C13H10ClN3O4/c14-12-11(17(20)21)9(5-6-15-12)13(19)16-7-8-3-1-2-4-10(8)18/h1-6,18H,7H2,(H,16,19). The zero-order chi connectivity index (χ0) is 15.4. The van der Waals surface area contributed by atoms with Crippen LogP contribution in [0.5, 0.6) is 5.75 Å². The van der Waals surface area contributed by atoms with Gasteiger partial charge in [0.1, 0.15) is 11.3 Å². The Balaban J connectivity index is 2.20. The minimum Gasteiger partial charge on any atom is -0.508 e. The van der Waals surface area contributed by atoms with Crippen LogP contribution >= 0.6 is 11.6 Å². The summed E-state index contributed by atoms with van der Waals surface area (Å²) in [4.78, 5) is 25.8. The number of aromatic hydroxyl groups is 1. The van der Waals surface area contributed by atoms with Gasteiger partial charge in [-0.25, -0.2) is 4.98 Å². The Bertz CT molecular complexity index is 706. The van der Waals surface area contributed by atoms with Gasteiger partial charge in [-0.15, -0.1) is 0 Å². The van der Waals surface area contributed by atoms with Crippen LogP contribution in [-0.4, -0.2) is 20.9 Å². The molecule has 0 aliphatic rings. The molecule has 0 atom stereocenters. The van der Waals surface area contributed by atoms with Gasteiger partial charge in [0.15, 0.2) is 0 Å². The predicted molar refractivity (Wildman–Crippen MR) is 75.2 cm³/mol. The number of nitro groups is 1. The second kappa shape index (κ2) is 6.19. The maximum atomic E-state index is 12.0. The molecule has 1 heterocycles. The molecule has 8 heteroatoms. The van der Waals surface area contributed by atoms with Crippen LogP contribution in [0.15, 0.2) is 36.5 Å². The molecule has 7 nitrogen and oxygen atoms in total. The predicted octanol–water partition coefficient (Wildman–Crippen LogP) is 2.28. The van der Waals surface area contributed by atoms with Crippen LogP contribution in [-0.2, 0) is 6.54 Å². The fourth-order valence-corrected chi connectivity index (χ4v) is 1.94. The molecule has 0 radical (unpaired) electrons. The lowest BCUT2D eigenvalue weighted by Crippen LogP contribution is -2.24. The zero-order valence-corrected chi connectivity index (χ0v) is 11.4. The number of phenols is 1. The summed E-state index contributed by atoms with van der Waals surface area (Å²) in [5.74, 6) is -0.644. The van der Waals surface area contributed by atoms with Crippen molar-refractivity contribution >= 4 is 23.2 Å². The van der Waals surface area contributed by atoms with Crippen molar-refractivity contribution < 1.29 is 14.8 Å². The molecule has 0 bridgehead atoms. The van der Waals surface area contributed by atoms with E-state index >= 15 is 0 Å². The fraction of sp³-hybridized carbons (Fsp3) is 0.0769. The van der Waals surface area contributed by atoms with Gasteiger partial charge in [0, 0.05) is 18.3 Å². The first kappa shape index (κ1) is 14.7. The lowest BCUT2D eigenvalue weighted by Gasteiger charge is -2.07. The van der Waals surface area contributed by atoms with Crippen molar-refractivity contribution in [1.29, 1.82) is 0 Å². The van der Waals surface area contributed by atoms with E-state index in [1.807, 2.05) is 0 Å². The number of hydrogen-bond donors (Lipinski definition) is 2. The van der Waals surface area contributed by atoms with Crippen molar-refractivity contribution in [3.63, 3.8) is 0 Å². The summed E-state index contributed by atoms with van der Waals surface area (Å²) in [6, 6.07) is 7.67. The number of rotatable bonds is 4. The average molecular weight is 308 g/mol. The molecule has 1 aromatic carbocycles. The molecule has 0 fully saturated rings. The normalized spacial score (nSPS) is 10.1. The number of nitrogens with one attached hydrogen (secondary N) is 1. The first-order valence-corrected chi connectivity index (χ1v) is 6.22. The van der Waals surface area contributed by atoms with Crippen molar-refractivity contribution in [3.05, 3.63) is 62.9 Å². The fourth-order valence-electron chi connectivity index (χ4n) is 1.72. The summed E-state index contributed by atoms with van der Waals surface area (Å²) in [7, 11) is 0. The summed E-state index contributed by atoms with van der Waals surface area (Å²) in [6.45, 7) is 0.0304. The van der Waals surface area contributed by atoms with Crippen molar-refractivity contribution in [1.82, 2.24) is 10.3 Å². The number of para-hydroxylation sites is 1. The molecule has 108 valence electrons. The molecular formula is C13H10ClN3O4. The van der Waals surface area contributed by atoms with E-state index < -0.39 is 16.5 Å². The van der Waals surface area contributed by atoms with E-state index in [4.69, 9.17) is 11.6 Å². The Hall–Kier alpha value is -2.67. The molecule has 0 aliphatic heterocycles. The third kappa shape index (κ3) is 3.26. The molecule has 0 spiro atoms. The second-order valence-corrected chi connectivity index (χ2v) is 4.42. The van der Waals surface area contributed by atoms with Crippen LogP contribution in [0.4, 0.5) is 5.69 Å². The van der Waals surface area contributed by atoms with Gasteiger partial charge in [0.2, 0.25) is 5.15 Å². The number of pyridine rings is 1. The molecule has 0 aliphatic carbocycles. The van der Waals surface area contributed by atoms with Crippen molar-refractivity contribution in [2.75, 3.05) is 0 Å². The largest absolute Gasteiger partial charge is 0.508 e. The van der Waals surface area contributed by atoms with Crippen molar-refractivity contribution in [3.8, 4) is 5.75 Å². The first-order valence-electron chi connectivity index (χ1n) is 5.84. The summed E-state index contributed by atoms with van der Waals surface area (Å²) < 4.78 is 0. The molecule has 0 saturated heterocycles. The molecule has 21 heavy (non-hydrogen) atoms. The van der Waals surface area contributed by atoms with E-state index in [0.717, 1.165) is 0 Å². The highest BCUT2D eigenvalue weighted by molar-refractivity contribution is 6.32. The number of amides is 1. The highest BCUT2D eigenvalue weighted by Crippen LogP contribution is 2.26. The van der Waals surface area contributed by atoms with Gasteiger partial charge in [0.25, 0.3) is 5.91 Å². The first-order chi connectivity index (χ1) is 10.0. The van der Waals surface area contributed by atoms with E-state index in [1.54, 1.807) is 18.2 Å². The van der Waals surface area contributed by atoms with Crippen LogP contribution in [0.2, 0.25) is 5.15 Å². The highest BCUT2D eigenvalue weighted by atomic mass is 35.5. The summed E-state index contributed by atoms with van der Waals surface area (Å²) >= 11 is 5.64. The van der Waals surface area contributed by atoms with E-state index in [1.165, 1.54) is 18.3 Å². The van der Waals surface area contributed by atoms with Crippen LogP contribution in [0, 0.1) is 10.1 Å². The summed E-state index contributed by atoms with van der Waals surface area (Å²) in [6.07, 6.45) is 1.21. The van der Waals surface area contributed by atoms with Gasteiger partial charge in [-0.2, -0.15) is 0 Å². The number of carbonyl (C=O) groups is 1. The number of nitrogens with zero attached hydrogens (tertiary/aromatic N) is 2. The van der Waals surface area contributed by atoms with Gasteiger partial charge in [-0.05, 0) is 12.1 Å². The molecular weight excluding hydrogens is 298 g/mol. The van der Waals surface area contributed by atoms with E-state index in [-0.39, 0.29) is 23.0 Å². The number of hydrogen-bond acceptors (Lipinski definition) is 5. The SMILES string of the molecule is O=C(NCc1ccccc1O)c1ccnc(Cl)c1[N+](=O)[O-]. The monoisotopic (exact) mass is 307 g/mol.